The van der Waals surface area contributed by atoms with Gasteiger partial charge in [0.15, 0.2) is 0 Å². The van der Waals surface area contributed by atoms with Crippen molar-refractivity contribution in [2.24, 2.45) is 0 Å². The topological polar surface area (TPSA) is 79.8 Å². The Morgan fingerprint density at radius 1 is 1.00 bits per heavy atom. The van der Waals surface area contributed by atoms with E-state index in [2.05, 4.69) is 25.6 Å². The predicted molar refractivity (Wildman–Crippen MR) is 111 cm³/mol. The van der Waals surface area contributed by atoms with Crippen molar-refractivity contribution in [2.45, 2.75) is 6.92 Å². The normalized spacial score (nSPS) is 10.6. The monoisotopic (exact) mass is 389 g/mol. The summed E-state index contributed by atoms with van der Waals surface area (Å²) in [5, 5.41) is 7.66. The number of hydrogen-bond acceptors (Lipinski definition) is 5. The fourth-order valence-electron chi connectivity index (χ4n) is 2.82. The van der Waals surface area contributed by atoms with Crippen molar-refractivity contribution in [3.63, 3.8) is 0 Å². The third-order valence-corrected chi connectivity index (χ3v) is 4.32. The lowest BCUT2D eigenvalue weighted by Crippen LogP contribution is -2.15. The summed E-state index contributed by atoms with van der Waals surface area (Å²) in [5.41, 5.74) is 2.53. The lowest BCUT2D eigenvalue weighted by Gasteiger charge is -2.11. The van der Waals surface area contributed by atoms with Gasteiger partial charge in [0.2, 0.25) is 0 Å². The largest absolute Gasteiger partial charge is 0.338 e. The van der Waals surface area contributed by atoms with Crippen molar-refractivity contribution in [3.05, 3.63) is 83.4 Å². The lowest BCUT2D eigenvalue weighted by atomic mass is 10.2. The predicted octanol–water partition coefficient (Wildman–Crippen LogP) is 4.98. The SMILES string of the molecule is Cc1nc(Nc2cccc3cccnc23)cc(C(=O)Nc2ccc(Cl)cc2)n1. The number of aromatic nitrogens is 3. The van der Waals surface area contributed by atoms with Gasteiger partial charge < -0.3 is 10.6 Å². The van der Waals surface area contributed by atoms with Crippen LogP contribution < -0.4 is 10.6 Å². The molecule has 1 amide bonds. The van der Waals surface area contributed by atoms with Crippen LogP contribution in [0.5, 0.6) is 0 Å². The van der Waals surface area contributed by atoms with Crippen molar-refractivity contribution in [3.8, 4) is 0 Å². The van der Waals surface area contributed by atoms with Crippen LogP contribution in [-0.2, 0) is 0 Å². The molecule has 0 aliphatic heterocycles. The number of benzene rings is 2. The molecule has 7 heteroatoms. The summed E-state index contributed by atoms with van der Waals surface area (Å²) in [6, 6.07) is 18.2. The van der Waals surface area contributed by atoms with Crippen LogP contribution in [0.2, 0.25) is 5.02 Å². The number of fused-ring (bicyclic) bond motifs is 1. The molecule has 0 fully saturated rings. The molecule has 0 saturated heterocycles. The molecule has 0 radical (unpaired) electrons. The van der Waals surface area contributed by atoms with E-state index in [4.69, 9.17) is 11.6 Å². The van der Waals surface area contributed by atoms with E-state index in [1.165, 1.54) is 0 Å². The Bertz CT molecular complexity index is 1160. The molecule has 0 aliphatic carbocycles. The third kappa shape index (κ3) is 3.92. The smallest absolute Gasteiger partial charge is 0.274 e. The number of nitrogens with one attached hydrogen (secondary N) is 2. The van der Waals surface area contributed by atoms with E-state index in [1.807, 2.05) is 30.3 Å². The number of pyridine rings is 1. The highest BCUT2D eigenvalue weighted by atomic mass is 35.5. The van der Waals surface area contributed by atoms with Crippen molar-refractivity contribution in [2.75, 3.05) is 10.6 Å². The molecule has 6 nitrogen and oxygen atoms in total. The van der Waals surface area contributed by atoms with Gasteiger partial charge in [0.25, 0.3) is 5.91 Å². The van der Waals surface area contributed by atoms with Gasteiger partial charge in [-0.1, -0.05) is 29.8 Å². The highest BCUT2D eigenvalue weighted by Crippen LogP contribution is 2.24. The minimum Gasteiger partial charge on any atom is -0.338 e. The number of para-hydroxylation sites is 1. The van der Waals surface area contributed by atoms with E-state index >= 15 is 0 Å². The van der Waals surface area contributed by atoms with Gasteiger partial charge in [-0.05, 0) is 43.3 Å². The molecule has 4 aromatic rings. The van der Waals surface area contributed by atoms with Crippen LogP contribution >= 0.6 is 11.6 Å². The fraction of sp³-hybridized carbons (Fsp3) is 0.0476. The van der Waals surface area contributed by atoms with Crippen LogP contribution in [0, 0.1) is 6.92 Å². The van der Waals surface area contributed by atoms with E-state index in [-0.39, 0.29) is 11.6 Å². The quantitative estimate of drug-likeness (QED) is 0.514. The molecule has 0 unspecified atom stereocenters. The minimum atomic E-state index is -0.327. The number of rotatable bonds is 4. The molecule has 0 saturated carbocycles. The molecule has 0 atom stereocenters. The zero-order valence-corrected chi connectivity index (χ0v) is 15.7. The molecule has 4 rings (SSSR count). The molecule has 2 N–H and O–H groups in total. The van der Waals surface area contributed by atoms with E-state index < -0.39 is 0 Å². The lowest BCUT2D eigenvalue weighted by molar-refractivity contribution is 0.102. The number of carbonyl (C=O) groups excluding carboxylic acids is 1. The second-order valence-corrected chi connectivity index (χ2v) is 6.59. The highest BCUT2D eigenvalue weighted by Gasteiger charge is 2.12. The number of nitrogens with zero attached hydrogens (tertiary/aromatic N) is 3. The number of aryl methyl sites for hydroxylation is 1. The molecule has 0 aliphatic rings. The van der Waals surface area contributed by atoms with Gasteiger partial charge >= 0.3 is 0 Å². The van der Waals surface area contributed by atoms with Gasteiger partial charge in [-0.15, -0.1) is 0 Å². The summed E-state index contributed by atoms with van der Waals surface area (Å²) < 4.78 is 0. The molecule has 2 aromatic carbocycles. The summed E-state index contributed by atoms with van der Waals surface area (Å²) in [5.74, 6) is 0.679. The molecule has 138 valence electrons. The Labute approximate surface area is 166 Å². The maximum atomic E-state index is 12.6. The average molecular weight is 390 g/mol. The van der Waals surface area contributed by atoms with Crippen molar-refractivity contribution >= 4 is 45.6 Å². The molecular formula is C21H16ClN5O. The van der Waals surface area contributed by atoms with Crippen LogP contribution in [0.25, 0.3) is 10.9 Å². The van der Waals surface area contributed by atoms with Gasteiger partial charge in [-0.3, -0.25) is 9.78 Å². The van der Waals surface area contributed by atoms with Crippen LogP contribution in [0.3, 0.4) is 0 Å². The average Bonchev–Trinajstić information content (AvgIpc) is 2.69. The Hall–Kier alpha value is -3.51. The fourth-order valence-corrected chi connectivity index (χ4v) is 2.95. The van der Waals surface area contributed by atoms with Crippen molar-refractivity contribution < 1.29 is 4.79 Å². The summed E-state index contributed by atoms with van der Waals surface area (Å²) in [4.78, 5) is 25.7. The first-order valence-electron chi connectivity index (χ1n) is 8.62. The van der Waals surface area contributed by atoms with Gasteiger partial charge in [0, 0.05) is 28.4 Å². The third-order valence-electron chi connectivity index (χ3n) is 4.07. The van der Waals surface area contributed by atoms with Gasteiger partial charge in [-0.2, -0.15) is 0 Å². The second kappa shape index (κ2) is 7.62. The first-order valence-corrected chi connectivity index (χ1v) is 9.00. The van der Waals surface area contributed by atoms with Crippen molar-refractivity contribution in [1.29, 1.82) is 0 Å². The Balaban J connectivity index is 1.61. The van der Waals surface area contributed by atoms with Crippen LogP contribution in [-0.4, -0.2) is 20.9 Å². The first-order chi connectivity index (χ1) is 13.6. The maximum absolute atomic E-state index is 12.6. The Kier molecular flexibility index (Phi) is 4.87. The number of carbonyl (C=O) groups is 1. The van der Waals surface area contributed by atoms with Crippen LogP contribution in [0.15, 0.2) is 66.9 Å². The maximum Gasteiger partial charge on any atom is 0.274 e. The number of hydrogen-bond donors (Lipinski definition) is 2. The van der Waals surface area contributed by atoms with Crippen molar-refractivity contribution in [1.82, 2.24) is 15.0 Å². The molecule has 2 heterocycles. The highest BCUT2D eigenvalue weighted by molar-refractivity contribution is 6.30. The summed E-state index contributed by atoms with van der Waals surface area (Å²) in [7, 11) is 0. The summed E-state index contributed by atoms with van der Waals surface area (Å²) in [6.45, 7) is 1.74. The first kappa shape index (κ1) is 17.9. The zero-order valence-electron chi connectivity index (χ0n) is 15.0. The number of anilines is 3. The molecule has 0 bridgehead atoms. The van der Waals surface area contributed by atoms with Gasteiger partial charge in [-0.25, -0.2) is 9.97 Å². The van der Waals surface area contributed by atoms with Crippen LogP contribution in [0.1, 0.15) is 16.3 Å². The number of halogens is 1. The standard InChI is InChI=1S/C21H16ClN5O/c1-13-24-18(21(28)26-16-9-7-15(22)8-10-16)12-19(25-13)27-17-6-2-4-14-5-3-11-23-20(14)17/h2-12H,1H3,(H,26,28)(H,24,25,27). The van der Waals surface area contributed by atoms with Gasteiger partial charge in [0.1, 0.15) is 17.3 Å². The van der Waals surface area contributed by atoms with E-state index in [9.17, 15) is 4.79 Å². The summed E-state index contributed by atoms with van der Waals surface area (Å²) in [6.07, 6.45) is 1.74. The Morgan fingerprint density at radius 2 is 1.79 bits per heavy atom. The second-order valence-electron chi connectivity index (χ2n) is 6.15. The van der Waals surface area contributed by atoms with Gasteiger partial charge in [0.05, 0.1) is 11.2 Å². The van der Waals surface area contributed by atoms with E-state index in [0.717, 1.165) is 16.6 Å². The number of amides is 1. The molecular weight excluding hydrogens is 374 g/mol. The summed E-state index contributed by atoms with van der Waals surface area (Å²) >= 11 is 5.88. The Morgan fingerprint density at radius 3 is 2.61 bits per heavy atom. The minimum absolute atomic E-state index is 0.262. The molecule has 2 aromatic heterocycles. The van der Waals surface area contributed by atoms with E-state index in [0.29, 0.717) is 22.4 Å². The van der Waals surface area contributed by atoms with Crippen LogP contribution in [0.4, 0.5) is 17.2 Å². The van der Waals surface area contributed by atoms with E-state index in [1.54, 1.807) is 43.5 Å². The molecule has 28 heavy (non-hydrogen) atoms. The molecule has 0 spiro atoms. The zero-order chi connectivity index (χ0) is 19.5.